The van der Waals surface area contributed by atoms with Crippen LogP contribution >= 0.6 is 0 Å². The minimum absolute atomic E-state index is 0.404. The van der Waals surface area contributed by atoms with Gasteiger partial charge in [0.15, 0.2) is 0 Å². The lowest BCUT2D eigenvalue weighted by molar-refractivity contribution is 0.102. The highest BCUT2D eigenvalue weighted by molar-refractivity contribution is 5.31. The Labute approximate surface area is 118 Å². The molecule has 0 radical (unpaired) electrons. The summed E-state index contributed by atoms with van der Waals surface area (Å²) in [4.78, 5) is 2.25. The van der Waals surface area contributed by atoms with Crippen molar-refractivity contribution >= 4 is 0 Å². The van der Waals surface area contributed by atoms with E-state index in [2.05, 4.69) is 58.7 Å². The Morgan fingerprint density at radius 3 is 2.26 bits per heavy atom. The Morgan fingerprint density at radius 1 is 1.11 bits per heavy atom. The topological polar surface area (TPSA) is 23.5 Å². The van der Waals surface area contributed by atoms with E-state index in [1.165, 1.54) is 11.1 Å². The van der Waals surface area contributed by atoms with Crippen LogP contribution in [0.3, 0.4) is 0 Å². The molecular formula is C17H29NO. The van der Waals surface area contributed by atoms with Crippen LogP contribution in [0.25, 0.3) is 0 Å². The zero-order chi connectivity index (χ0) is 14.6. The third-order valence-electron chi connectivity index (χ3n) is 3.94. The lowest BCUT2D eigenvalue weighted by Crippen LogP contribution is -2.33. The molecule has 1 N–H and O–H groups in total. The van der Waals surface area contributed by atoms with Crippen LogP contribution in [0.15, 0.2) is 18.2 Å². The minimum atomic E-state index is -0.404. The van der Waals surface area contributed by atoms with Crippen molar-refractivity contribution in [3.05, 3.63) is 34.9 Å². The molecule has 0 spiro atoms. The molecule has 2 nitrogen and oxygen atoms in total. The highest BCUT2D eigenvalue weighted by Crippen LogP contribution is 2.19. The largest absolute Gasteiger partial charge is 0.387 e. The van der Waals surface area contributed by atoms with E-state index in [0.29, 0.717) is 18.5 Å². The molecule has 1 aromatic rings. The van der Waals surface area contributed by atoms with Crippen LogP contribution in [0.5, 0.6) is 0 Å². The maximum Gasteiger partial charge on any atom is 0.0917 e. The summed E-state index contributed by atoms with van der Waals surface area (Å²) in [6.45, 7) is 11.6. The van der Waals surface area contributed by atoms with Gasteiger partial charge in [-0.1, -0.05) is 32.0 Å². The molecule has 0 amide bonds. The van der Waals surface area contributed by atoms with Crippen LogP contribution in [-0.4, -0.2) is 29.6 Å². The Balaban J connectivity index is 2.63. The van der Waals surface area contributed by atoms with E-state index in [0.717, 1.165) is 12.0 Å². The van der Waals surface area contributed by atoms with Crippen molar-refractivity contribution in [1.82, 2.24) is 4.90 Å². The molecule has 0 saturated heterocycles. The first-order chi connectivity index (χ1) is 8.81. The molecule has 0 fully saturated rings. The highest BCUT2D eigenvalue weighted by Gasteiger charge is 2.16. The summed E-state index contributed by atoms with van der Waals surface area (Å²) in [5.74, 6) is 0.691. The maximum atomic E-state index is 10.3. The molecule has 2 unspecified atom stereocenters. The lowest BCUT2D eigenvalue weighted by Gasteiger charge is -2.28. The molecule has 19 heavy (non-hydrogen) atoms. The second-order valence-electron chi connectivity index (χ2n) is 6.28. The van der Waals surface area contributed by atoms with E-state index in [9.17, 15) is 5.11 Å². The predicted molar refractivity (Wildman–Crippen MR) is 82.4 cm³/mol. The summed E-state index contributed by atoms with van der Waals surface area (Å²) in [6, 6.07) is 6.72. The second kappa shape index (κ2) is 7.06. The van der Waals surface area contributed by atoms with E-state index in [4.69, 9.17) is 0 Å². The van der Waals surface area contributed by atoms with E-state index in [1.807, 2.05) is 6.07 Å². The Bertz CT molecular complexity index is 400. The molecule has 0 saturated carbocycles. The Hall–Kier alpha value is -0.860. The third kappa shape index (κ3) is 4.96. The average molecular weight is 263 g/mol. The summed E-state index contributed by atoms with van der Waals surface area (Å²) in [7, 11) is 2.09. The number of nitrogens with zero attached hydrogens (tertiary/aromatic N) is 1. The van der Waals surface area contributed by atoms with Gasteiger partial charge in [-0.3, -0.25) is 0 Å². The molecule has 0 heterocycles. The number of aryl methyl sites for hydroxylation is 2. The van der Waals surface area contributed by atoms with Crippen LogP contribution < -0.4 is 0 Å². The molecule has 0 aliphatic heterocycles. The van der Waals surface area contributed by atoms with Gasteiger partial charge >= 0.3 is 0 Å². The summed E-state index contributed by atoms with van der Waals surface area (Å²) >= 11 is 0. The van der Waals surface area contributed by atoms with Crippen LogP contribution in [0.1, 0.15) is 50.0 Å². The van der Waals surface area contributed by atoms with Gasteiger partial charge in [0.2, 0.25) is 0 Å². The number of aliphatic hydroxyl groups excluding tert-OH is 1. The van der Waals surface area contributed by atoms with Gasteiger partial charge in [0, 0.05) is 12.6 Å². The van der Waals surface area contributed by atoms with Crippen LogP contribution in [0, 0.1) is 19.8 Å². The van der Waals surface area contributed by atoms with E-state index < -0.39 is 6.10 Å². The van der Waals surface area contributed by atoms with Crippen LogP contribution in [0.4, 0.5) is 0 Å². The Morgan fingerprint density at radius 2 is 1.74 bits per heavy atom. The SMILES string of the molecule is Cc1ccc(C(O)CN(C)C(C)CC(C)C)cc1C. The second-order valence-corrected chi connectivity index (χ2v) is 6.28. The maximum absolute atomic E-state index is 10.3. The first-order valence-electron chi connectivity index (χ1n) is 7.26. The third-order valence-corrected chi connectivity index (χ3v) is 3.94. The monoisotopic (exact) mass is 263 g/mol. The Kier molecular flexibility index (Phi) is 6.02. The summed E-state index contributed by atoms with van der Waals surface area (Å²) < 4.78 is 0. The quantitative estimate of drug-likeness (QED) is 0.846. The molecule has 0 aliphatic carbocycles. The number of benzene rings is 1. The van der Waals surface area contributed by atoms with E-state index in [1.54, 1.807) is 0 Å². The number of rotatable bonds is 6. The fourth-order valence-corrected chi connectivity index (χ4v) is 2.39. The summed E-state index contributed by atoms with van der Waals surface area (Å²) in [6.07, 6.45) is 0.759. The number of likely N-dealkylation sites (N-methyl/N-ethyl adjacent to an activating group) is 1. The molecule has 0 bridgehead atoms. The van der Waals surface area contributed by atoms with Crippen molar-refractivity contribution in [3.63, 3.8) is 0 Å². The highest BCUT2D eigenvalue weighted by atomic mass is 16.3. The fraction of sp³-hybridized carbons (Fsp3) is 0.647. The van der Waals surface area contributed by atoms with Crippen molar-refractivity contribution < 1.29 is 5.11 Å². The van der Waals surface area contributed by atoms with Crippen molar-refractivity contribution in [2.45, 2.75) is 53.2 Å². The zero-order valence-corrected chi connectivity index (χ0v) is 13.3. The fourth-order valence-electron chi connectivity index (χ4n) is 2.39. The van der Waals surface area contributed by atoms with Gasteiger partial charge in [0.25, 0.3) is 0 Å². The van der Waals surface area contributed by atoms with Crippen LogP contribution in [0.2, 0.25) is 0 Å². The summed E-state index contributed by atoms with van der Waals surface area (Å²) in [5, 5.41) is 10.3. The standard InChI is InChI=1S/C17H29NO/c1-12(2)9-15(5)18(6)11-17(19)16-8-7-13(3)14(4)10-16/h7-8,10,12,15,17,19H,9,11H2,1-6H3. The van der Waals surface area contributed by atoms with Crippen molar-refractivity contribution in [3.8, 4) is 0 Å². The molecule has 0 aliphatic rings. The van der Waals surface area contributed by atoms with Gasteiger partial charge < -0.3 is 10.0 Å². The smallest absolute Gasteiger partial charge is 0.0917 e. The lowest BCUT2D eigenvalue weighted by atomic mass is 10.0. The van der Waals surface area contributed by atoms with Gasteiger partial charge in [0.05, 0.1) is 6.10 Å². The van der Waals surface area contributed by atoms with Gasteiger partial charge in [-0.2, -0.15) is 0 Å². The molecule has 1 aromatic carbocycles. The van der Waals surface area contributed by atoms with Gasteiger partial charge in [-0.05, 0) is 56.8 Å². The number of hydrogen-bond donors (Lipinski definition) is 1. The van der Waals surface area contributed by atoms with Crippen molar-refractivity contribution in [2.24, 2.45) is 5.92 Å². The van der Waals surface area contributed by atoms with Gasteiger partial charge in [-0.15, -0.1) is 0 Å². The van der Waals surface area contributed by atoms with Crippen molar-refractivity contribution in [1.29, 1.82) is 0 Å². The summed E-state index contributed by atoms with van der Waals surface area (Å²) in [5.41, 5.74) is 3.54. The van der Waals surface area contributed by atoms with Gasteiger partial charge in [0.1, 0.15) is 0 Å². The van der Waals surface area contributed by atoms with E-state index in [-0.39, 0.29) is 0 Å². The molecule has 1 rings (SSSR count). The molecule has 2 heteroatoms. The van der Waals surface area contributed by atoms with E-state index >= 15 is 0 Å². The van der Waals surface area contributed by atoms with Crippen LogP contribution in [-0.2, 0) is 0 Å². The first kappa shape index (κ1) is 16.2. The first-order valence-corrected chi connectivity index (χ1v) is 7.26. The molecular weight excluding hydrogens is 234 g/mol. The molecule has 0 aromatic heterocycles. The number of aliphatic hydroxyl groups is 1. The minimum Gasteiger partial charge on any atom is -0.387 e. The average Bonchev–Trinajstić information content (AvgIpc) is 2.31. The molecule has 108 valence electrons. The molecule has 2 atom stereocenters. The van der Waals surface area contributed by atoms with Gasteiger partial charge in [-0.25, -0.2) is 0 Å². The normalized spacial score (nSPS) is 15.0. The number of hydrogen-bond acceptors (Lipinski definition) is 2. The predicted octanol–water partition coefficient (Wildman–Crippen LogP) is 3.70. The zero-order valence-electron chi connectivity index (χ0n) is 13.3. The van der Waals surface area contributed by atoms with Crippen molar-refractivity contribution in [2.75, 3.05) is 13.6 Å².